The Bertz CT molecular complexity index is 1520. The Morgan fingerprint density at radius 2 is 1.54 bits per heavy atom. The van der Waals surface area contributed by atoms with Crippen LogP contribution >= 0.6 is 0 Å². The van der Waals surface area contributed by atoms with Crippen LogP contribution in [0.15, 0.2) is 49.6 Å². The molecule has 50 heavy (non-hydrogen) atoms. The molecule has 10 nitrogen and oxygen atoms in total. The number of benzene rings is 1. The number of urea groups is 1. The van der Waals surface area contributed by atoms with Crippen LogP contribution < -0.4 is 21.3 Å². The van der Waals surface area contributed by atoms with E-state index in [1.807, 2.05) is 12.1 Å². The van der Waals surface area contributed by atoms with Gasteiger partial charge in [0.25, 0.3) is 5.91 Å². The van der Waals surface area contributed by atoms with Crippen LogP contribution in [0.25, 0.3) is 0 Å². The van der Waals surface area contributed by atoms with Crippen LogP contribution in [-0.4, -0.2) is 71.2 Å². The number of carbonyl (C=O) groups is 5. The molecule has 6 fully saturated rings. The first-order chi connectivity index (χ1) is 23.9. The molecular formula is C40H53N5O5. The number of rotatable bonds is 13. The summed E-state index contributed by atoms with van der Waals surface area (Å²) < 4.78 is 0. The molecule has 7 aliphatic rings. The van der Waals surface area contributed by atoms with Crippen molar-refractivity contribution in [2.45, 2.75) is 102 Å². The zero-order chi connectivity index (χ0) is 35.4. The predicted octanol–water partition coefficient (Wildman–Crippen LogP) is 3.84. The Hall–Kier alpha value is -3.95. The summed E-state index contributed by atoms with van der Waals surface area (Å²) in [7, 11) is 0. The van der Waals surface area contributed by atoms with Crippen molar-refractivity contribution in [1.82, 2.24) is 26.2 Å². The predicted molar refractivity (Wildman–Crippen MR) is 190 cm³/mol. The highest BCUT2D eigenvalue weighted by Crippen LogP contribution is 2.65. The zero-order valence-corrected chi connectivity index (χ0v) is 29.5. The molecule has 3 unspecified atom stereocenters. The van der Waals surface area contributed by atoms with E-state index in [4.69, 9.17) is 0 Å². The largest absolute Gasteiger partial charge is 0.346 e. The highest BCUT2D eigenvalue weighted by Gasteiger charge is 2.70. The molecule has 5 amide bonds. The minimum atomic E-state index is -1.06. The van der Waals surface area contributed by atoms with E-state index >= 15 is 0 Å². The molecule has 1 aliphatic heterocycles. The number of carbonyl (C=O) groups excluding carboxylic acids is 5. The molecule has 1 aromatic rings. The Balaban J connectivity index is 1.12. The maximum Gasteiger partial charge on any atom is 0.315 e. The quantitative estimate of drug-likeness (QED) is 0.185. The lowest BCUT2D eigenvalue weighted by Gasteiger charge is -2.56. The molecule has 0 spiro atoms. The van der Waals surface area contributed by atoms with Crippen LogP contribution in [0.1, 0.15) is 76.3 Å². The average Bonchev–Trinajstić information content (AvgIpc) is 3.42. The van der Waals surface area contributed by atoms with Crippen LogP contribution in [0.5, 0.6) is 0 Å². The molecule has 10 heteroatoms. The van der Waals surface area contributed by atoms with Gasteiger partial charge in [0.2, 0.25) is 17.6 Å². The van der Waals surface area contributed by atoms with Crippen LogP contribution in [0.3, 0.4) is 0 Å². The standard InChI is InChI=1S/C40H53N5O5/c1-5-7-12-30(34(46)36(48)41-13-6-2)42-35(47)33-31-29(39(31,3)4)22-45(33)37(49)32(28-17-26-10-8-9-11-27(26)18-28)43-38(50)44-40-19-23-14-24(20-40)16-25(15-23)21-40/h5-6,8-11,23-25,28-33H,1-2,7,12-22H2,3-4H3,(H,41,48)(H,42,47)(H2,43,44,50)/t23?,24?,25?,29?,30?,31?,32-,33-,40?/m0/s1. The van der Waals surface area contributed by atoms with Crippen molar-refractivity contribution in [2.75, 3.05) is 13.1 Å². The van der Waals surface area contributed by atoms with Gasteiger partial charge >= 0.3 is 6.03 Å². The number of fused-ring (bicyclic) bond motifs is 2. The van der Waals surface area contributed by atoms with Gasteiger partial charge in [0.15, 0.2) is 0 Å². The lowest BCUT2D eigenvalue weighted by atomic mass is 9.53. The Kier molecular flexibility index (Phi) is 9.18. The summed E-state index contributed by atoms with van der Waals surface area (Å²) in [5, 5.41) is 12.0. The monoisotopic (exact) mass is 683 g/mol. The molecule has 5 saturated carbocycles. The summed E-state index contributed by atoms with van der Waals surface area (Å²) >= 11 is 0. The number of amides is 5. The molecule has 268 valence electrons. The second kappa shape index (κ2) is 13.3. The fourth-order valence-corrected chi connectivity index (χ4v) is 11.1. The molecule has 5 atom stereocenters. The van der Waals surface area contributed by atoms with Gasteiger partial charge in [-0.05, 0) is 116 Å². The average molecular weight is 684 g/mol. The lowest BCUT2D eigenvalue weighted by molar-refractivity contribution is -0.144. The second-order valence-electron chi connectivity index (χ2n) is 16.9. The smallest absolute Gasteiger partial charge is 0.315 e. The van der Waals surface area contributed by atoms with Gasteiger partial charge in [0, 0.05) is 18.6 Å². The molecule has 6 aliphatic carbocycles. The summed E-state index contributed by atoms with van der Waals surface area (Å²) in [6.45, 7) is 12.1. The highest BCUT2D eigenvalue weighted by molar-refractivity contribution is 6.38. The number of ketones is 1. The summed E-state index contributed by atoms with van der Waals surface area (Å²) in [4.78, 5) is 70.5. The fourth-order valence-electron chi connectivity index (χ4n) is 11.1. The number of hydrogen-bond acceptors (Lipinski definition) is 5. The number of likely N-dealkylation sites (tertiary alicyclic amines) is 1. The number of piperidine rings is 1. The van der Waals surface area contributed by atoms with Gasteiger partial charge in [-0.1, -0.05) is 50.3 Å². The maximum atomic E-state index is 14.8. The van der Waals surface area contributed by atoms with Crippen molar-refractivity contribution >= 4 is 29.5 Å². The Labute approximate surface area is 295 Å². The minimum absolute atomic E-state index is 0.0986. The van der Waals surface area contributed by atoms with Crippen LogP contribution in [-0.2, 0) is 32.0 Å². The molecule has 1 heterocycles. The molecular weight excluding hydrogens is 630 g/mol. The Morgan fingerprint density at radius 3 is 2.12 bits per heavy atom. The summed E-state index contributed by atoms with van der Waals surface area (Å²) in [6, 6.07) is 5.17. The van der Waals surface area contributed by atoms with Crippen molar-refractivity contribution < 1.29 is 24.0 Å². The number of Topliss-reactive ketones (excluding diaryl/α,β-unsaturated/α-hetero) is 1. The molecule has 1 aromatic carbocycles. The van der Waals surface area contributed by atoms with Crippen molar-refractivity contribution in [3.8, 4) is 0 Å². The molecule has 0 radical (unpaired) electrons. The SMILES string of the molecule is C=CCCC(NC(=O)[C@@H]1C2C(CN1C(=O)[C@@H](NC(=O)NC13CC4CC(CC(C4)C1)C3)C1Cc3ccccc3C1)C2(C)C)C(=O)C(=O)NCC=C. The van der Waals surface area contributed by atoms with Gasteiger partial charge in [-0.3, -0.25) is 19.2 Å². The van der Waals surface area contributed by atoms with E-state index in [1.165, 1.54) is 36.5 Å². The third kappa shape index (κ3) is 6.39. The Morgan fingerprint density at radius 1 is 0.920 bits per heavy atom. The molecule has 8 rings (SSSR count). The van der Waals surface area contributed by atoms with Crippen molar-refractivity contribution in [1.29, 1.82) is 0 Å². The first-order valence-corrected chi connectivity index (χ1v) is 18.7. The third-order valence-corrected chi connectivity index (χ3v) is 13.2. The molecule has 4 bridgehead atoms. The maximum absolute atomic E-state index is 14.8. The van der Waals surface area contributed by atoms with Gasteiger partial charge in [-0.15, -0.1) is 13.2 Å². The first kappa shape index (κ1) is 34.5. The topological polar surface area (TPSA) is 137 Å². The highest BCUT2D eigenvalue weighted by atomic mass is 16.2. The zero-order valence-electron chi connectivity index (χ0n) is 29.5. The van der Waals surface area contributed by atoms with Crippen LogP contribution in [0, 0.1) is 40.9 Å². The third-order valence-electron chi connectivity index (χ3n) is 13.2. The lowest BCUT2D eigenvalue weighted by Crippen LogP contribution is -2.64. The first-order valence-electron chi connectivity index (χ1n) is 18.7. The summed E-state index contributed by atoms with van der Waals surface area (Å²) in [6.07, 6.45) is 11.9. The van der Waals surface area contributed by atoms with E-state index < -0.39 is 35.7 Å². The van der Waals surface area contributed by atoms with E-state index in [-0.39, 0.29) is 53.6 Å². The summed E-state index contributed by atoms with van der Waals surface area (Å²) in [5.74, 6) is -0.390. The molecule has 4 N–H and O–H groups in total. The van der Waals surface area contributed by atoms with Gasteiger partial charge in [0.1, 0.15) is 12.1 Å². The van der Waals surface area contributed by atoms with E-state index in [1.54, 1.807) is 11.0 Å². The minimum Gasteiger partial charge on any atom is -0.346 e. The van der Waals surface area contributed by atoms with E-state index in [0.29, 0.717) is 43.6 Å². The number of nitrogens with zero attached hydrogens (tertiary/aromatic N) is 1. The van der Waals surface area contributed by atoms with Gasteiger partial charge < -0.3 is 26.2 Å². The molecule has 0 aromatic heterocycles. The van der Waals surface area contributed by atoms with Gasteiger partial charge in [0.05, 0.1) is 6.04 Å². The van der Waals surface area contributed by atoms with Crippen molar-refractivity contribution in [3.63, 3.8) is 0 Å². The second-order valence-corrected chi connectivity index (χ2v) is 16.9. The van der Waals surface area contributed by atoms with Crippen LogP contribution in [0.2, 0.25) is 0 Å². The van der Waals surface area contributed by atoms with Gasteiger partial charge in [-0.2, -0.15) is 0 Å². The van der Waals surface area contributed by atoms with E-state index in [0.717, 1.165) is 19.3 Å². The summed E-state index contributed by atoms with van der Waals surface area (Å²) in [5.41, 5.74) is 1.98. The van der Waals surface area contributed by atoms with Crippen LogP contribution in [0.4, 0.5) is 4.79 Å². The van der Waals surface area contributed by atoms with Crippen molar-refractivity contribution in [3.05, 3.63) is 60.7 Å². The van der Waals surface area contributed by atoms with Gasteiger partial charge in [-0.25, -0.2) is 4.79 Å². The van der Waals surface area contributed by atoms with E-state index in [2.05, 4.69) is 60.4 Å². The normalized spacial score (nSPS) is 32.2. The molecule has 1 saturated heterocycles. The number of hydrogen-bond donors (Lipinski definition) is 4. The van der Waals surface area contributed by atoms with E-state index in [9.17, 15) is 24.0 Å². The number of allylic oxidation sites excluding steroid dienone is 1. The number of nitrogens with one attached hydrogen (secondary N) is 4. The fraction of sp³-hybridized carbons (Fsp3) is 0.625. The van der Waals surface area contributed by atoms with Crippen molar-refractivity contribution in [2.24, 2.45) is 40.9 Å².